The molecule has 3 nitrogen and oxygen atoms in total. The molecule has 2 heterocycles. The summed E-state index contributed by atoms with van der Waals surface area (Å²) in [5, 5.41) is 2.78. The van der Waals surface area contributed by atoms with Crippen LogP contribution in [-0.2, 0) is 12.7 Å². The molecule has 0 radical (unpaired) electrons. The summed E-state index contributed by atoms with van der Waals surface area (Å²) in [5.41, 5.74) is -1.45. The van der Waals surface area contributed by atoms with Crippen molar-refractivity contribution in [3.8, 4) is 0 Å². The number of piperidine rings is 1. The van der Waals surface area contributed by atoms with Gasteiger partial charge < -0.3 is 9.88 Å². The van der Waals surface area contributed by atoms with Crippen LogP contribution in [0.3, 0.4) is 0 Å². The second-order valence-corrected chi connectivity index (χ2v) is 5.13. The van der Waals surface area contributed by atoms with Gasteiger partial charge in [0.05, 0.1) is 5.56 Å². The first-order chi connectivity index (χ1) is 8.88. The first-order valence-corrected chi connectivity index (χ1v) is 6.43. The molecule has 0 amide bonds. The zero-order valence-corrected chi connectivity index (χ0v) is 10.9. The Labute approximate surface area is 113 Å². The molecule has 0 atom stereocenters. The molecule has 7 heteroatoms. The van der Waals surface area contributed by atoms with Gasteiger partial charge in [-0.1, -0.05) is 11.6 Å². The number of nitrogens with one attached hydrogen (secondary N) is 1. The lowest BCUT2D eigenvalue weighted by atomic mass is 9.98. The van der Waals surface area contributed by atoms with Crippen LogP contribution in [0, 0.1) is 5.92 Å². The molecule has 106 valence electrons. The summed E-state index contributed by atoms with van der Waals surface area (Å²) in [6.07, 6.45) is -1.94. The number of nitrogens with zero attached hydrogens (tertiary/aromatic N) is 1. The summed E-state index contributed by atoms with van der Waals surface area (Å²) < 4.78 is 39.1. The molecule has 0 spiro atoms. The quantitative estimate of drug-likeness (QED) is 0.909. The van der Waals surface area contributed by atoms with Crippen molar-refractivity contribution >= 4 is 11.6 Å². The van der Waals surface area contributed by atoms with Crippen LogP contribution in [0.4, 0.5) is 13.2 Å². The van der Waals surface area contributed by atoms with Gasteiger partial charge in [0.15, 0.2) is 0 Å². The summed E-state index contributed by atoms with van der Waals surface area (Å²) >= 11 is 5.60. The minimum Gasteiger partial charge on any atom is -0.317 e. The zero-order chi connectivity index (χ0) is 14.0. The first-order valence-electron chi connectivity index (χ1n) is 6.06. The summed E-state index contributed by atoms with van der Waals surface area (Å²) in [6.45, 7) is 1.93. The summed E-state index contributed by atoms with van der Waals surface area (Å²) in [5.74, 6) is 0.207. The normalized spacial score (nSPS) is 17.7. The van der Waals surface area contributed by atoms with E-state index >= 15 is 0 Å². The number of hydrogen-bond donors (Lipinski definition) is 1. The van der Waals surface area contributed by atoms with E-state index in [1.165, 1.54) is 0 Å². The van der Waals surface area contributed by atoms with Crippen LogP contribution in [0.1, 0.15) is 18.4 Å². The van der Waals surface area contributed by atoms with Crippen molar-refractivity contribution in [2.75, 3.05) is 13.1 Å². The van der Waals surface area contributed by atoms with Crippen molar-refractivity contribution in [3.63, 3.8) is 0 Å². The van der Waals surface area contributed by atoms with Crippen molar-refractivity contribution in [2.45, 2.75) is 25.6 Å². The van der Waals surface area contributed by atoms with Crippen molar-refractivity contribution in [1.82, 2.24) is 9.88 Å². The van der Waals surface area contributed by atoms with Gasteiger partial charge >= 0.3 is 6.18 Å². The van der Waals surface area contributed by atoms with Crippen LogP contribution in [0.25, 0.3) is 0 Å². The Bertz CT molecular complexity index is 507. The van der Waals surface area contributed by atoms with Gasteiger partial charge in [-0.25, -0.2) is 0 Å². The minimum absolute atomic E-state index is 0.207. The molecular formula is C12H14ClF3N2O. The standard InChI is InChI=1S/C12H14ClF3N2O/c13-10-5-9(12(14,15)16)7-18(11(10)19)6-8-1-3-17-4-2-8/h5,7-8,17H,1-4,6H2. The molecule has 1 aliphatic rings. The molecule has 1 saturated heterocycles. The molecule has 1 aromatic rings. The maximum Gasteiger partial charge on any atom is 0.417 e. The fraction of sp³-hybridized carbons (Fsp3) is 0.583. The summed E-state index contributed by atoms with van der Waals surface area (Å²) in [7, 11) is 0. The summed E-state index contributed by atoms with van der Waals surface area (Å²) in [6, 6.07) is 0.683. The highest BCUT2D eigenvalue weighted by Gasteiger charge is 2.32. The van der Waals surface area contributed by atoms with Gasteiger partial charge in [0, 0.05) is 12.7 Å². The lowest BCUT2D eigenvalue weighted by Gasteiger charge is -2.23. The molecular weight excluding hydrogens is 281 g/mol. The lowest BCUT2D eigenvalue weighted by molar-refractivity contribution is -0.138. The van der Waals surface area contributed by atoms with E-state index in [4.69, 9.17) is 11.6 Å². The average Bonchev–Trinajstić information content (AvgIpc) is 2.34. The Morgan fingerprint density at radius 1 is 1.37 bits per heavy atom. The van der Waals surface area contributed by atoms with Crippen LogP contribution in [0.5, 0.6) is 0 Å². The molecule has 1 aromatic heterocycles. The first kappa shape index (κ1) is 14.4. The Kier molecular flexibility index (Phi) is 4.20. The highest BCUT2D eigenvalue weighted by molar-refractivity contribution is 6.30. The van der Waals surface area contributed by atoms with Gasteiger partial charge in [-0.3, -0.25) is 4.79 Å². The molecule has 2 rings (SSSR count). The molecule has 1 aliphatic heterocycles. The van der Waals surface area contributed by atoms with E-state index in [9.17, 15) is 18.0 Å². The third-order valence-electron chi connectivity index (χ3n) is 3.28. The van der Waals surface area contributed by atoms with Gasteiger partial charge in [-0.05, 0) is 37.9 Å². The molecule has 0 unspecified atom stereocenters. The molecule has 1 fully saturated rings. The van der Waals surface area contributed by atoms with Gasteiger partial charge in [0.2, 0.25) is 0 Å². The highest BCUT2D eigenvalue weighted by atomic mass is 35.5. The highest BCUT2D eigenvalue weighted by Crippen LogP contribution is 2.30. The van der Waals surface area contributed by atoms with E-state index in [1.807, 2.05) is 0 Å². The Morgan fingerprint density at radius 3 is 2.58 bits per heavy atom. The molecule has 0 saturated carbocycles. The summed E-state index contributed by atoms with van der Waals surface area (Å²) in [4.78, 5) is 11.8. The van der Waals surface area contributed by atoms with Crippen molar-refractivity contribution in [2.24, 2.45) is 5.92 Å². The predicted octanol–water partition coefficient (Wildman–Crippen LogP) is 2.52. The fourth-order valence-electron chi connectivity index (χ4n) is 2.23. The van der Waals surface area contributed by atoms with Crippen LogP contribution in [0.15, 0.2) is 17.1 Å². The third kappa shape index (κ3) is 3.51. The number of hydrogen-bond acceptors (Lipinski definition) is 2. The monoisotopic (exact) mass is 294 g/mol. The number of pyridine rings is 1. The number of alkyl halides is 3. The van der Waals surface area contributed by atoms with E-state index in [0.29, 0.717) is 6.07 Å². The van der Waals surface area contributed by atoms with E-state index < -0.39 is 17.3 Å². The third-order valence-corrected chi connectivity index (χ3v) is 3.55. The largest absolute Gasteiger partial charge is 0.417 e. The van der Waals surface area contributed by atoms with Gasteiger partial charge in [-0.2, -0.15) is 13.2 Å². The fourth-order valence-corrected chi connectivity index (χ4v) is 2.46. The molecule has 0 aromatic carbocycles. The van der Waals surface area contributed by atoms with Crippen LogP contribution < -0.4 is 10.9 Å². The number of rotatable bonds is 2. The maximum atomic E-state index is 12.7. The van der Waals surface area contributed by atoms with Crippen LogP contribution in [0.2, 0.25) is 5.02 Å². The molecule has 0 bridgehead atoms. The lowest BCUT2D eigenvalue weighted by Crippen LogP contribution is -2.33. The van der Waals surface area contributed by atoms with Crippen LogP contribution in [-0.4, -0.2) is 17.7 Å². The predicted molar refractivity (Wildman–Crippen MR) is 66.3 cm³/mol. The second kappa shape index (κ2) is 5.54. The Balaban J connectivity index is 2.28. The Morgan fingerprint density at radius 2 is 2.00 bits per heavy atom. The van der Waals surface area contributed by atoms with E-state index in [-0.39, 0.29) is 17.5 Å². The van der Waals surface area contributed by atoms with Gasteiger partial charge in [-0.15, -0.1) is 0 Å². The second-order valence-electron chi connectivity index (χ2n) is 4.73. The molecule has 19 heavy (non-hydrogen) atoms. The van der Waals surface area contributed by atoms with E-state index in [0.717, 1.165) is 36.7 Å². The van der Waals surface area contributed by atoms with Crippen LogP contribution >= 0.6 is 11.6 Å². The minimum atomic E-state index is -4.49. The topological polar surface area (TPSA) is 34.0 Å². The molecule has 0 aliphatic carbocycles. The zero-order valence-electron chi connectivity index (χ0n) is 10.1. The Hall–Kier alpha value is -1.01. The number of aromatic nitrogens is 1. The SMILES string of the molecule is O=c1c(Cl)cc(C(F)(F)F)cn1CC1CCNCC1. The van der Waals surface area contributed by atoms with E-state index in [2.05, 4.69) is 5.32 Å². The van der Waals surface area contributed by atoms with Crippen molar-refractivity contribution in [3.05, 3.63) is 33.2 Å². The van der Waals surface area contributed by atoms with Crippen molar-refractivity contribution < 1.29 is 13.2 Å². The smallest absolute Gasteiger partial charge is 0.317 e. The van der Waals surface area contributed by atoms with Crippen molar-refractivity contribution in [1.29, 1.82) is 0 Å². The number of halogens is 4. The molecule has 1 N–H and O–H groups in total. The van der Waals surface area contributed by atoms with Gasteiger partial charge in [0.1, 0.15) is 5.02 Å². The maximum absolute atomic E-state index is 12.7. The van der Waals surface area contributed by atoms with Gasteiger partial charge in [0.25, 0.3) is 5.56 Å². The van der Waals surface area contributed by atoms with E-state index in [1.54, 1.807) is 0 Å². The average molecular weight is 295 g/mol.